The number of carbonyl (C=O) groups excluding carboxylic acids is 1. The normalized spacial score (nSPS) is 10.6. The Kier molecular flexibility index (Phi) is 6.06. The molecule has 3 rings (SSSR count). The van der Waals surface area contributed by atoms with E-state index >= 15 is 0 Å². The van der Waals surface area contributed by atoms with Crippen molar-refractivity contribution in [3.8, 4) is 5.75 Å². The molecule has 0 fully saturated rings. The molecule has 144 valence electrons. The highest BCUT2D eigenvalue weighted by molar-refractivity contribution is 7.71. The minimum Gasteiger partial charge on any atom is -0.494 e. The van der Waals surface area contributed by atoms with Crippen LogP contribution in [0.3, 0.4) is 0 Å². The summed E-state index contributed by atoms with van der Waals surface area (Å²) in [5.41, 5.74) is 1.09. The molecule has 28 heavy (non-hydrogen) atoms. The standard InChI is InChI=1S/C21H21N3O3S/c1-3-13-23-20(26)17-7-5-6-8-18(17)24(21(23)28)14-19(25)22-15-9-11-16(12-10-15)27-4-2/h3,5-12H,1,4,13-14H2,2H3,(H,22,25). The van der Waals surface area contributed by atoms with E-state index in [0.717, 1.165) is 5.75 Å². The van der Waals surface area contributed by atoms with Gasteiger partial charge in [0.15, 0.2) is 4.77 Å². The summed E-state index contributed by atoms with van der Waals surface area (Å²) in [5, 5.41) is 3.35. The second-order valence-corrected chi connectivity index (χ2v) is 6.46. The highest BCUT2D eigenvalue weighted by Crippen LogP contribution is 2.16. The molecule has 0 unspecified atom stereocenters. The summed E-state index contributed by atoms with van der Waals surface area (Å²) in [6.45, 7) is 6.44. The molecule has 0 aliphatic heterocycles. The molecule has 0 radical (unpaired) electrons. The van der Waals surface area contributed by atoms with E-state index in [1.807, 2.05) is 13.0 Å². The number of para-hydroxylation sites is 1. The van der Waals surface area contributed by atoms with Gasteiger partial charge in [0.25, 0.3) is 5.56 Å². The van der Waals surface area contributed by atoms with E-state index in [1.165, 1.54) is 4.57 Å². The lowest BCUT2D eigenvalue weighted by atomic mass is 10.2. The summed E-state index contributed by atoms with van der Waals surface area (Å²) >= 11 is 5.48. The minimum atomic E-state index is -0.241. The average molecular weight is 395 g/mol. The van der Waals surface area contributed by atoms with Crippen LogP contribution in [-0.4, -0.2) is 21.6 Å². The van der Waals surface area contributed by atoms with Gasteiger partial charge in [0.1, 0.15) is 12.3 Å². The summed E-state index contributed by atoms with van der Waals surface area (Å²) in [4.78, 5) is 25.3. The van der Waals surface area contributed by atoms with Crippen LogP contribution in [0, 0.1) is 4.77 Å². The number of amides is 1. The minimum absolute atomic E-state index is 0.00994. The monoisotopic (exact) mass is 395 g/mol. The van der Waals surface area contributed by atoms with Crippen molar-refractivity contribution in [1.29, 1.82) is 0 Å². The Morgan fingerprint density at radius 1 is 1.18 bits per heavy atom. The molecule has 0 aliphatic rings. The van der Waals surface area contributed by atoms with E-state index in [0.29, 0.717) is 23.2 Å². The molecule has 1 aromatic heterocycles. The van der Waals surface area contributed by atoms with Crippen molar-refractivity contribution in [2.75, 3.05) is 11.9 Å². The molecule has 0 atom stereocenters. The molecule has 6 nitrogen and oxygen atoms in total. The van der Waals surface area contributed by atoms with E-state index in [-0.39, 0.29) is 29.3 Å². The summed E-state index contributed by atoms with van der Waals surface area (Å²) in [7, 11) is 0. The Hall–Kier alpha value is -3.19. The zero-order valence-corrected chi connectivity index (χ0v) is 16.4. The molecular weight excluding hydrogens is 374 g/mol. The highest BCUT2D eigenvalue weighted by Gasteiger charge is 2.13. The first-order valence-electron chi connectivity index (χ1n) is 8.91. The van der Waals surface area contributed by atoms with Gasteiger partial charge in [-0.05, 0) is 55.5 Å². The van der Waals surface area contributed by atoms with E-state index in [4.69, 9.17) is 17.0 Å². The number of aromatic nitrogens is 2. The van der Waals surface area contributed by atoms with Gasteiger partial charge >= 0.3 is 0 Å². The quantitative estimate of drug-likeness (QED) is 0.489. The van der Waals surface area contributed by atoms with Crippen LogP contribution in [0.1, 0.15) is 6.92 Å². The Labute approximate surface area is 167 Å². The summed E-state index contributed by atoms with van der Waals surface area (Å²) in [6.07, 6.45) is 1.61. The number of fused-ring (bicyclic) bond motifs is 1. The van der Waals surface area contributed by atoms with Crippen LogP contribution < -0.4 is 15.6 Å². The fraction of sp³-hybridized carbons (Fsp3) is 0.190. The van der Waals surface area contributed by atoms with Crippen molar-refractivity contribution in [2.24, 2.45) is 0 Å². The smallest absolute Gasteiger partial charge is 0.262 e. The van der Waals surface area contributed by atoms with Crippen molar-refractivity contribution < 1.29 is 9.53 Å². The van der Waals surface area contributed by atoms with Crippen LogP contribution >= 0.6 is 12.2 Å². The van der Waals surface area contributed by atoms with Gasteiger partial charge in [0, 0.05) is 12.2 Å². The molecule has 1 heterocycles. The summed E-state index contributed by atoms with van der Waals surface area (Å²) < 4.78 is 8.79. The fourth-order valence-electron chi connectivity index (χ4n) is 2.96. The maximum Gasteiger partial charge on any atom is 0.262 e. The topological polar surface area (TPSA) is 65.3 Å². The number of ether oxygens (including phenoxy) is 1. The van der Waals surface area contributed by atoms with E-state index in [1.54, 1.807) is 53.1 Å². The van der Waals surface area contributed by atoms with Gasteiger partial charge in [-0.2, -0.15) is 0 Å². The van der Waals surface area contributed by atoms with Gasteiger partial charge in [0.05, 0.1) is 17.5 Å². The second kappa shape index (κ2) is 8.67. The number of benzene rings is 2. The molecule has 0 saturated heterocycles. The molecule has 0 saturated carbocycles. The molecule has 2 aromatic carbocycles. The predicted molar refractivity (Wildman–Crippen MR) is 113 cm³/mol. The zero-order chi connectivity index (χ0) is 20.1. The lowest BCUT2D eigenvalue weighted by molar-refractivity contribution is -0.116. The molecule has 0 spiro atoms. The third-order valence-electron chi connectivity index (χ3n) is 4.19. The Morgan fingerprint density at radius 3 is 2.57 bits per heavy atom. The molecular formula is C21H21N3O3S. The highest BCUT2D eigenvalue weighted by atomic mass is 32.1. The Bertz CT molecular complexity index is 1130. The van der Waals surface area contributed by atoms with Crippen LogP contribution in [0.25, 0.3) is 10.9 Å². The molecule has 7 heteroatoms. The van der Waals surface area contributed by atoms with E-state index in [2.05, 4.69) is 11.9 Å². The Morgan fingerprint density at radius 2 is 1.89 bits per heavy atom. The van der Waals surface area contributed by atoms with Crippen LogP contribution in [-0.2, 0) is 17.9 Å². The van der Waals surface area contributed by atoms with Crippen molar-refractivity contribution in [2.45, 2.75) is 20.0 Å². The Balaban J connectivity index is 1.93. The number of rotatable bonds is 7. The van der Waals surface area contributed by atoms with Crippen molar-refractivity contribution in [1.82, 2.24) is 9.13 Å². The van der Waals surface area contributed by atoms with Crippen LogP contribution in [0.4, 0.5) is 5.69 Å². The molecule has 0 bridgehead atoms. The van der Waals surface area contributed by atoms with E-state index < -0.39 is 0 Å². The number of allylic oxidation sites excluding steroid dienone is 1. The van der Waals surface area contributed by atoms with Gasteiger partial charge in [-0.15, -0.1) is 6.58 Å². The molecule has 1 N–H and O–H groups in total. The van der Waals surface area contributed by atoms with E-state index in [9.17, 15) is 9.59 Å². The fourth-order valence-corrected chi connectivity index (χ4v) is 3.28. The number of carbonyl (C=O) groups is 1. The summed E-state index contributed by atoms with van der Waals surface area (Å²) in [5.74, 6) is 0.499. The number of nitrogens with one attached hydrogen (secondary N) is 1. The van der Waals surface area contributed by atoms with Crippen molar-refractivity contribution in [3.63, 3.8) is 0 Å². The molecule has 1 amide bonds. The van der Waals surface area contributed by atoms with Gasteiger partial charge in [0.2, 0.25) is 5.91 Å². The van der Waals surface area contributed by atoms with Crippen molar-refractivity contribution in [3.05, 3.63) is 76.3 Å². The molecule has 0 aliphatic carbocycles. The zero-order valence-electron chi connectivity index (χ0n) is 15.6. The predicted octanol–water partition coefficient (Wildman–Crippen LogP) is 3.76. The van der Waals surface area contributed by atoms with Gasteiger partial charge in [-0.3, -0.25) is 14.2 Å². The van der Waals surface area contributed by atoms with Gasteiger partial charge in [-0.1, -0.05) is 18.2 Å². The second-order valence-electron chi connectivity index (χ2n) is 6.10. The first-order chi connectivity index (χ1) is 13.5. The number of hydrogen-bond acceptors (Lipinski definition) is 4. The third kappa shape index (κ3) is 4.04. The lowest BCUT2D eigenvalue weighted by Gasteiger charge is -2.15. The largest absolute Gasteiger partial charge is 0.494 e. The SMILES string of the molecule is C=CCn1c(=O)c2ccccc2n(CC(=O)Nc2ccc(OCC)cc2)c1=S. The molecule has 3 aromatic rings. The van der Waals surface area contributed by atoms with Crippen LogP contribution in [0.5, 0.6) is 5.75 Å². The first-order valence-corrected chi connectivity index (χ1v) is 9.32. The number of hydrogen-bond donors (Lipinski definition) is 1. The first kappa shape index (κ1) is 19.6. The maximum absolute atomic E-state index is 12.7. The van der Waals surface area contributed by atoms with Gasteiger partial charge < -0.3 is 14.6 Å². The third-order valence-corrected chi connectivity index (χ3v) is 4.64. The van der Waals surface area contributed by atoms with Crippen LogP contribution in [0.2, 0.25) is 0 Å². The number of nitrogens with zero attached hydrogens (tertiary/aromatic N) is 2. The van der Waals surface area contributed by atoms with Crippen molar-refractivity contribution >= 4 is 34.7 Å². The number of anilines is 1. The average Bonchev–Trinajstić information content (AvgIpc) is 2.70. The van der Waals surface area contributed by atoms with Crippen LogP contribution in [0.15, 0.2) is 66.0 Å². The summed E-state index contributed by atoms with van der Waals surface area (Å²) in [6, 6.07) is 14.3. The maximum atomic E-state index is 12.7. The lowest BCUT2D eigenvalue weighted by Crippen LogP contribution is -2.28. The van der Waals surface area contributed by atoms with Gasteiger partial charge in [-0.25, -0.2) is 0 Å².